The molecular weight excluding hydrogens is 243 g/mol. The molecule has 0 saturated carbocycles. The summed E-state index contributed by atoms with van der Waals surface area (Å²) in [5.41, 5.74) is 2.72. The highest BCUT2D eigenvalue weighted by Crippen LogP contribution is 2.25. The van der Waals surface area contributed by atoms with E-state index in [1.54, 1.807) is 0 Å². The second kappa shape index (κ2) is 5.19. The van der Waals surface area contributed by atoms with Gasteiger partial charge in [0.15, 0.2) is 0 Å². The van der Waals surface area contributed by atoms with Crippen molar-refractivity contribution < 1.29 is 4.74 Å². The first-order chi connectivity index (χ1) is 8.47. The van der Waals surface area contributed by atoms with Crippen LogP contribution in [0.2, 0.25) is 0 Å². The van der Waals surface area contributed by atoms with Crippen LogP contribution >= 0.6 is 9.24 Å². The summed E-state index contributed by atoms with van der Waals surface area (Å²) < 4.78 is 5.77. The van der Waals surface area contributed by atoms with Gasteiger partial charge in [-0.2, -0.15) is 0 Å². The van der Waals surface area contributed by atoms with Gasteiger partial charge in [0.05, 0.1) is 17.1 Å². The first kappa shape index (κ1) is 13.2. The maximum absolute atomic E-state index is 5.77. The number of rotatable bonds is 3. The Hall–Kier alpha value is -1.21. The van der Waals surface area contributed by atoms with E-state index >= 15 is 0 Å². The van der Waals surface area contributed by atoms with Gasteiger partial charge in [-0.3, -0.25) is 0 Å². The molecule has 0 bridgehead atoms. The van der Waals surface area contributed by atoms with Crippen LogP contribution in [0.1, 0.15) is 39.3 Å². The van der Waals surface area contributed by atoms with Crippen LogP contribution in [0.25, 0.3) is 11.0 Å². The highest BCUT2D eigenvalue weighted by atomic mass is 31.0. The lowest BCUT2D eigenvalue weighted by Crippen LogP contribution is -2.11. The summed E-state index contributed by atoms with van der Waals surface area (Å²) in [5, 5.41) is 1.11. The molecule has 1 aromatic heterocycles. The Morgan fingerprint density at radius 3 is 2.39 bits per heavy atom. The molecule has 4 heteroatoms. The van der Waals surface area contributed by atoms with Crippen LogP contribution in [-0.2, 0) is 0 Å². The van der Waals surface area contributed by atoms with E-state index in [9.17, 15) is 0 Å². The Morgan fingerprint density at radius 1 is 1.06 bits per heavy atom. The maximum Gasteiger partial charge on any atom is 0.236 e. The Labute approximate surface area is 110 Å². The second-order valence-corrected chi connectivity index (χ2v) is 5.65. The van der Waals surface area contributed by atoms with Crippen molar-refractivity contribution >= 4 is 25.6 Å². The molecule has 18 heavy (non-hydrogen) atoms. The number of hydrogen-bond acceptors (Lipinski definition) is 3. The van der Waals surface area contributed by atoms with Gasteiger partial charge in [-0.05, 0) is 31.3 Å². The van der Waals surface area contributed by atoms with Crippen LogP contribution < -0.4 is 10.0 Å². The highest BCUT2D eigenvalue weighted by Gasteiger charge is 2.14. The fraction of sp³-hybridized carbons (Fsp3) is 0.429. The average molecular weight is 262 g/mol. The van der Waals surface area contributed by atoms with E-state index in [1.807, 2.05) is 32.0 Å². The van der Waals surface area contributed by atoms with Crippen LogP contribution in [0.5, 0.6) is 5.88 Å². The van der Waals surface area contributed by atoms with Crippen molar-refractivity contribution in [2.24, 2.45) is 0 Å². The fourth-order valence-corrected chi connectivity index (χ4v) is 2.01. The van der Waals surface area contributed by atoms with Gasteiger partial charge in [0, 0.05) is 5.92 Å². The highest BCUT2D eigenvalue weighted by molar-refractivity contribution is 7.27. The second-order valence-electron chi connectivity index (χ2n) is 4.98. The number of ether oxygens (including phenoxy) is 1. The lowest BCUT2D eigenvalue weighted by atomic mass is 10.1. The predicted octanol–water partition coefficient (Wildman–Crippen LogP) is 3.04. The molecule has 0 spiro atoms. The molecule has 96 valence electrons. The molecule has 0 aliphatic carbocycles. The SMILES string of the molecule is CC(C)Oc1nc2ccc(P)cc2nc1C(C)C. The zero-order chi connectivity index (χ0) is 13.3. The summed E-state index contributed by atoms with van der Waals surface area (Å²) in [6.45, 7) is 8.21. The van der Waals surface area contributed by atoms with E-state index < -0.39 is 0 Å². The van der Waals surface area contributed by atoms with Gasteiger partial charge < -0.3 is 4.74 Å². The summed E-state index contributed by atoms with van der Waals surface area (Å²) in [4.78, 5) is 9.27. The van der Waals surface area contributed by atoms with Gasteiger partial charge in [0.25, 0.3) is 0 Å². The smallest absolute Gasteiger partial charge is 0.236 e. The lowest BCUT2D eigenvalue weighted by molar-refractivity contribution is 0.228. The zero-order valence-corrected chi connectivity index (χ0v) is 12.4. The van der Waals surface area contributed by atoms with Crippen LogP contribution in [0.3, 0.4) is 0 Å². The van der Waals surface area contributed by atoms with Gasteiger partial charge in [-0.1, -0.05) is 19.9 Å². The van der Waals surface area contributed by atoms with Gasteiger partial charge in [0.2, 0.25) is 5.88 Å². The first-order valence-electron chi connectivity index (χ1n) is 6.21. The van der Waals surface area contributed by atoms with Gasteiger partial charge >= 0.3 is 0 Å². The van der Waals surface area contributed by atoms with Crippen molar-refractivity contribution in [2.45, 2.75) is 39.7 Å². The first-order valence-corrected chi connectivity index (χ1v) is 6.79. The molecule has 1 atom stereocenters. The summed E-state index contributed by atoms with van der Waals surface area (Å²) in [6, 6.07) is 6.01. The predicted molar refractivity (Wildman–Crippen MR) is 78.7 cm³/mol. The zero-order valence-electron chi connectivity index (χ0n) is 11.3. The Balaban J connectivity index is 2.60. The molecule has 1 heterocycles. The molecule has 3 nitrogen and oxygen atoms in total. The Morgan fingerprint density at radius 2 is 1.78 bits per heavy atom. The largest absolute Gasteiger partial charge is 0.474 e. The minimum Gasteiger partial charge on any atom is -0.474 e. The Kier molecular flexibility index (Phi) is 3.82. The van der Waals surface area contributed by atoms with E-state index in [-0.39, 0.29) is 6.10 Å². The third kappa shape index (κ3) is 2.78. The Bertz CT molecular complexity index is 567. The summed E-state index contributed by atoms with van der Waals surface area (Å²) in [6.07, 6.45) is 0.107. The molecule has 0 N–H and O–H groups in total. The van der Waals surface area contributed by atoms with Crippen molar-refractivity contribution in [3.8, 4) is 5.88 Å². The topological polar surface area (TPSA) is 35.0 Å². The summed E-state index contributed by atoms with van der Waals surface area (Å²) in [5.74, 6) is 0.952. The lowest BCUT2D eigenvalue weighted by Gasteiger charge is -2.15. The summed E-state index contributed by atoms with van der Waals surface area (Å²) in [7, 11) is 2.68. The molecule has 0 amide bonds. The molecule has 0 fully saturated rings. The third-order valence-corrected chi connectivity index (χ3v) is 2.93. The average Bonchev–Trinajstić information content (AvgIpc) is 2.27. The van der Waals surface area contributed by atoms with Crippen molar-refractivity contribution in [3.63, 3.8) is 0 Å². The molecule has 0 aliphatic rings. The molecule has 0 aliphatic heterocycles. The van der Waals surface area contributed by atoms with Crippen LogP contribution in [0.15, 0.2) is 18.2 Å². The van der Waals surface area contributed by atoms with E-state index in [0.29, 0.717) is 11.8 Å². The molecule has 2 rings (SSSR count). The standard InChI is InChI=1S/C14H19N2OP/c1-8(2)13-14(17-9(3)4)16-11-6-5-10(18)7-12(11)15-13/h5-9H,18H2,1-4H3. The van der Waals surface area contributed by atoms with E-state index in [1.165, 1.54) is 0 Å². The minimum atomic E-state index is 0.107. The maximum atomic E-state index is 5.77. The fourth-order valence-electron chi connectivity index (χ4n) is 1.75. The molecule has 0 radical (unpaired) electrons. The van der Waals surface area contributed by atoms with Crippen molar-refractivity contribution in [1.29, 1.82) is 0 Å². The molecule has 0 saturated heterocycles. The normalized spacial score (nSPS) is 11.5. The number of nitrogens with zero attached hydrogens (tertiary/aromatic N) is 2. The van der Waals surface area contributed by atoms with Crippen molar-refractivity contribution in [2.75, 3.05) is 0 Å². The molecule has 1 unspecified atom stereocenters. The van der Waals surface area contributed by atoms with Gasteiger partial charge in [-0.25, -0.2) is 9.97 Å². The van der Waals surface area contributed by atoms with Crippen molar-refractivity contribution in [1.82, 2.24) is 9.97 Å². The van der Waals surface area contributed by atoms with Crippen molar-refractivity contribution in [3.05, 3.63) is 23.9 Å². The van der Waals surface area contributed by atoms with E-state index in [2.05, 4.69) is 33.1 Å². The monoisotopic (exact) mass is 262 g/mol. The van der Waals surface area contributed by atoms with Crippen LogP contribution in [-0.4, -0.2) is 16.1 Å². The third-order valence-electron chi connectivity index (χ3n) is 2.58. The van der Waals surface area contributed by atoms with Gasteiger partial charge in [-0.15, -0.1) is 9.24 Å². The van der Waals surface area contributed by atoms with Crippen LogP contribution in [0.4, 0.5) is 0 Å². The number of benzene rings is 1. The molecule has 1 aromatic carbocycles. The number of aromatic nitrogens is 2. The quantitative estimate of drug-likeness (QED) is 0.797. The van der Waals surface area contributed by atoms with Crippen LogP contribution in [0, 0.1) is 0 Å². The number of hydrogen-bond donors (Lipinski definition) is 0. The molecule has 2 aromatic rings. The molecular formula is C14H19N2OP. The number of fused-ring (bicyclic) bond motifs is 1. The summed E-state index contributed by atoms with van der Waals surface area (Å²) >= 11 is 0. The van der Waals surface area contributed by atoms with E-state index in [0.717, 1.165) is 22.0 Å². The van der Waals surface area contributed by atoms with E-state index in [4.69, 9.17) is 4.74 Å². The van der Waals surface area contributed by atoms with Gasteiger partial charge in [0.1, 0.15) is 5.69 Å². The minimum absolute atomic E-state index is 0.107.